The molecule has 0 bridgehead atoms. The fourth-order valence-corrected chi connectivity index (χ4v) is 1.71. The summed E-state index contributed by atoms with van der Waals surface area (Å²) < 4.78 is 10.0. The van der Waals surface area contributed by atoms with Crippen LogP contribution in [0.25, 0.3) is 0 Å². The summed E-state index contributed by atoms with van der Waals surface area (Å²) in [4.78, 5) is 26.1. The number of imide groups is 1. The molecule has 0 N–H and O–H groups in total. The molecular weight excluding hydrogens is 200 g/mol. The zero-order chi connectivity index (χ0) is 10.4. The van der Waals surface area contributed by atoms with Crippen LogP contribution >= 0.6 is 0 Å². The van der Waals surface area contributed by atoms with E-state index >= 15 is 0 Å². The Kier molecular flexibility index (Phi) is 1.93. The first-order chi connectivity index (χ1) is 7.24. The summed E-state index contributed by atoms with van der Waals surface area (Å²) in [6.07, 6.45) is 0.203. The molecule has 3 heterocycles. The van der Waals surface area contributed by atoms with Crippen LogP contribution in [0.3, 0.4) is 0 Å². The molecule has 0 saturated carbocycles. The standard InChI is InChI=1S/C9H12N2O4/c12-8-3-10(1-6-4-14-6)9(13)11(8)2-7-5-15-7/h6-7H,1-5H2. The topological polar surface area (TPSA) is 65.7 Å². The number of nitrogens with zero attached hydrogens (tertiary/aromatic N) is 2. The summed E-state index contributed by atoms with van der Waals surface area (Å²) in [5, 5.41) is 0. The molecule has 0 aromatic rings. The van der Waals surface area contributed by atoms with Crippen molar-refractivity contribution in [2.24, 2.45) is 0 Å². The van der Waals surface area contributed by atoms with Crippen LogP contribution in [0.15, 0.2) is 0 Å². The van der Waals surface area contributed by atoms with Crippen molar-refractivity contribution in [3.63, 3.8) is 0 Å². The van der Waals surface area contributed by atoms with Gasteiger partial charge in [0.25, 0.3) is 0 Å². The van der Waals surface area contributed by atoms with Crippen molar-refractivity contribution >= 4 is 11.9 Å². The van der Waals surface area contributed by atoms with Gasteiger partial charge in [0.2, 0.25) is 5.91 Å². The molecule has 0 aliphatic carbocycles. The summed E-state index contributed by atoms with van der Waals surface area (Å²) in [6, 6.07) is -0.203. The maximum atomic E-state index is 11.8. The number of carbonyl (C=O) groups is 2. The Hall–Kier alpha value is -1.14. The van der Waals surface area contributed by atoms with E-state index in [4.69, 9.17) is 9.47 Å². The molecule has 82 valence electrons. The molecule has 0 aromatic heterocycles. The Bertz CT molecular complexity index is 311. The molecule has 3 amide bonds. The fourth-order valence-electron chi connectivity index (χ4n) is 1.71. The van der Waals surface area contributed by atoms with Crippen molar-refractivity contribution in [2.75, 3.05) is 32.8 Å². The lowest BCUT2D eigenvalue weighted by Crippen LogP contribution is -2.36. The van der Waals surface area contributed by atoms with E-state index < -0.39 is 0 Å². The van der Waals surface area contributed by atoms with Gasteiger partial charge in [-0.3, -0.25) is 9.69 Å². The monoisotopic (exact) mass is 212 g/mol. The summed E-state index contributed by atoms with van der Waals surface area (Å²) in [6.45, 7) is 2.48. The molecule has 6 nitrogen and oxygen atoms in total. The Morgan fingerprint density at radius 1 is 1.13 bits per heavy atom. The Morgan fingerprint density at radius 2 is 1.73 bits per heavy atom. The SMILES string of the molecule is O=C1CN(CC2CO2)C(=O)N1CC1CO1. The van der Waals surface area contributed by atoms with E-state index in [9.17, 15) is 9.59 Å². The molecule has 15 heavy (non-hydrogen) atoms. The maximum Gasteiger partial charge on any atom is 0.327 e. The van der Waals surface area contributed by atoms with Crippen molar-refractivity contribution in [3.05, 3.63) is 0 Å². The minimum atomic E-state index is -0.203. The molecule has 2 atom stereocenters. The van der Waals surface area contributed by atoms with Gasteiger partial charge in [0, 0.05) is 0 Å². The number of ether oxygens (including phenoxy) is 2. The normalized spacial score (nSPS) is 33.9. The second-order valence-corrected chi connectivity index (χ2v) is 4.08. The number of amides is 3. The summed E-state index contributed by atoms with van der Waals surface area (Å²) >= 11 is 0. The van der Waals surface area contributed by atoms with Gasteiger partial charge in [-0.1, -0.05) is 0 Å². The highest BCUT2D eigenvalue weighted by Gasteiger charge is 2.41. The van der Waals surface area contributed by atoms with Crippen molar-refractivity contribution < 1.29 is 19.1 Å². The van der Waals surface area contributed by atoms with E-state index in [1.165, 1.54) is 4.90 Å². The lowest BCUT2D eigenvalue weighted by Gasteiger charge is -2.14. The molecular formula is C9H12N2O4. The highest BCUT2D eigenvalue weighted by molar-refractivity contribution is 6.02. The molecule has 0 spiro atoms. The molecule has 3 fully saturated rings. The highest BCUT2D eigenvalue weighted by Crippen LogP contribution is 2.19. The van der Waals surface area contributed by atoms with Gasteiger partial charge < -0.3 is 14.4 Å². The second-order valence-electron chi connectivity index (χ2n) is 4.08. The van der Waals surface area contributed by atoms with Crippen molar-refractivity contribution in [2.45, 2.75) is 12.2 Å². The van der Waals surface area contributed by atoms with E-state index in [0.717, 1.165) is 0 Å². The molecule has 3 aliphatic rings. The van der Waals surface area contributed by atoms with E-state index in [1.54, 1.807) is 4.90 Å². The van der Waals surface area contributed by atoms with Gasteiger partial charge >= 0.3 is 6.03 Å². The van der Waals surface area contributed by atoms with Gasteiger partial charge in [-0.15, -0.1) is 0 Å². The number of carbonyl (C=O) groups excluding carboxylic acids is 2. The van der Waals surface area contributed by atoms with Crippen LogP contribution in [-0.4, -0.2) is 66.8 Å². The van der Waals surface area contributed by atoms with Crippen LogP contribution in [0.1, 0.15) is 0 Å². The van der Waals surface area contributed by atoms with Crippen LogP contribution in [0.4, 0.5) is 4.79 Å². The van der Waals surface area contributed by atoms with Gasteiger partial charge in [0.15, 0.2) is 0 Å². The first-order valence-electron chi connectivity index (χ1n) is 5.06. The highest BCUT2D eigenvalue weighted by atomic mass is 16.6. The minimum Gasteiger partial charge on any atom is -0.371 e. The van der Waals surface area contributed by atoms with E-state index in [-0.39, 0.29) is 30.7 Å². The summed E-state index contributed by atoms with van der Waals surface area (Å²) in [5.41, 5.74) is 0. The van der Waals surface area contributed by atoms with E-state index in [2.05, 4.69) is 0 Å². The van der Waals surface area contributed by atoms with Gasteiger partial charge in [0.1, 0.15) is 6.54 Å². The third-order valence-corrected chi connectivity index (χ3v) is 2.74. The quantitative estimate of drug-likeness (QED) is 0.445. The van der Waals surface area contributed by atoms with Gasteiger partial charge in [-0.25, -0.2) is 4.79 Å². The average molecular weight is 212 g/mol. The van der Waals surface area contributed by atoms with Crippen LogP contribution in [0, 0.1) is 0 Å². The predicted molar refractivity (Wildman–Crippen MR) is 48.2 cm³/mol. The largest absolute Gasteiger partial charge is 0.371 e. The van der Waals surface area contributed by atoms with Crippen molar-refractivity contribution in [3.8, 4) is 0 Å². The zero-order valence-electron chi connectivity index (χ0n) is 8.22. The second kappa shape index (κ2) is 3.18. The number of hydrogen-bond acceptors (Lipinski definition) is 4. The lowest BCUT2D eigenvalue weighted by molar-refractivity contribution is -0.125. The minimum absolute atomic E-state index is 0.0648. The van der Waals surface area contributed by atoms with E-state index in [0.29, 0.717) is 26.3 Å². The molecule has 2 unspecified atom stereocenters. The summed E-state index contributed by atoms with van der Waals surface area (Å²) in [7, 11) is 0. The molecule has 6 heteroatoms. The van der Waals surface area contributed by atoms with Crippen LogP contribution in [-0.2, 0) is 14.3 Å². The smallest absolute Gasteiger partial charge is 0.327 e. The van der Waals surface area contributed by atoms with Crippen LogP contribution in [0.2, 0.25) is 0 Å². The third kappa shape index (κ3) is 1.82. The van der Waals surface area contributed by atoms with Crippen molar-refractivity contribution in [1.29, 1.82) is 0 Å². The third-order valence-electron chi connectivity index (χ3n) is 2.74. The predicted octanol–water partition coefficient (Wildman–Crippen LogP) is -0.952. The first-order valence-corrected chi connectivity index (χ1v) is 5.06. The zero-order valence-corrected chi connectivity index (χ0v) is 8.22. The van der Waals surface area contributed by atoms with Crippen LogP contribution < -0.4 is 0 Å². The summed E-state index contributed by atoms with van der Waals surface area (Å²) in [5.74, 6) is -0.129. The van der Waals surface area contributed by atoms with Crippen molar-refractivity contribution in [1.82, 2.24) is 9.80 Å². The molecule has 0 aromatic carbocycles. The number of urea groups is 1. The lowest BCUT2D eigenvalue weighted by atomic mass is 10.4. The van der Waals surface area contributed by atoms with E-state index in [1.807, 2.05) is 0 Å². The Labute approximate surface area is 86.7 Å². The van der Waals surface area contributed by atoms with Gasteiger partial charge in [-0.2, -0.15) is 0 Å². The average Bonchev–Trinajstić information content (AvgIpc) is 3.06. The number of epoxide rings is 2. The first kappa shape index (κ1) is 9.11. The number of hydrogen-bond donors (Lipinski definition) is 0. The molecule has 3 saturated heterocycles. The molecule has 3 rings (SSSR count). The van der Waals surface area contributed by atoms with Crippen LogP contribution in [0.5, 0.6) is 0 Å². The number of rotatable bonds is 4. The maximum absolute atomic E-state index is 11.8. The fraction of sp³-hybridized carbons (Fsp3) is 0.778. The van der Waals surface area contributed by atoms with Gasteiger partial charge in [-0.05, 0) is 0 Å². The molecule has 3 aliphatic heterocycles. The Balaban J connectivity index is 1.62. The Morgan fingerprint density at radius 3 is 2.33 bits per heavy atom. The molecule has 0 radical (unpaired) electrons. The van der Waals surface area contributed by atoms with Gasteiger partial charge in [0.05, 0.1) is 38.5 Å².